The maximum absolute atomic E-state index is 13.0. The lowest BCUT2D eigenvalue weighted by Gasteiger charge is -2.41. The molecule has 0 unspecified atom stereocenters. The van der Waals surface area contributed by atoms with Crippen LogP contribution in [0.1, 0.15) is 20.3 Å². The molecule has 7 heteroatoms. The molecule has 1 aromatic rings. The van der Waals surface area contributed by atoms with Gasteiger partial charge in [-0.1, -0.05) is 13.8 Å². The predicted octanol–water partition coefficient (Wildman–Crippen LogP) is 0.908. The highest BCUT2D eigenvalue weighted by Gasteiger charge is 2.35. The van der Waals surface area contributed by atoms with Gasteiger partial charge >= 0.3 is 0 Å². The Kier molecular flexibility index (Phi) is 5.23. The minimum Gasteiger partial charge on any atom is -0.401 e. The van der Waals surface area contributed by atoms with E-state index in [1.807, 2.05) is 0 Å². The molecule has 4 N–H and O–H groups in total. The van der Waals surface area contributed by atoms with Crippen LogP contribution in [0.25, 0.3) is 0 Å². The maximum Gasteiger partial charge on any atom is 0.252 e. The third kappa shape index (κ3) is 3.91. The lowest BCUT2D eigenvalue weighted by atomic mass is 9.90. The van der Waals surface area contributed by atoms with Gasteiger partial charge in [-0.2, -0.15) is 0 Å². The van der Waals surface area contributed by atoms with Crippen molar-refractivity contribution in [1.29, 1.82) is 0 Å². The number of rotatable bonds is 5. The van der Waals surface area contributed by atoms with Gasteiger partial charge in [0.15, 0.2) is 0 Å². The van der Waals surface area contributed by atoms with Gasteiger partial charge in [0, 0.05) is 29.4 Å². The molecule has 0 aliphatic carbocycles. The van der Waals surface area contributed by atoms with Crippen molar-refractivity contribution in [3.8, 4) is 0 Å². The Morgan fingerprint density at radius 3 is 2.54 bits per heavy atom. The van der Waals surface area contributed by atoms with Crippen molar-refractivity contribution >= 4 is 17.5 Å². The molecule has 1 heterocycles. The van der Waals surface area contributed by atoms with Crippen LogP contribution < -0.4 is 16.0 Å². The van der Waals surface area contributed by atoms with Gasteiger partial charge in [0.2, 0.25) is 5.91 Å². The highest BCUT2D eigenvalue weighted by atomic mass is 19.1. The van der Waals surface area contributed by atoms with Gasteiger partial charge < -0.3 is 15.7 Å². The number of halogens is 1. The van der Waals surface area contributed by atoms with E-state index in [2.05, 4.69) is 5.32 Å². The van der Waals surface area contributed by atoms with Crippen molar-refractivity contribution in [3.63, 3.8) is 0 Å². The van der Waals surface area contributed by atoms with E-state index in [0.29, 0.717) is 13.0 Å². The Balaban J connectivity index is 1.98. The molecule has 0 spiro atoms. The molecule has 0 aromatic heterocycles. The highest BCUT2D eigenvalue weighted by molar-refractivity contribution is 6.04. The molecule has 1 fully saturated rings. The summed E-state index contributed by atoms with van der Waals surface area (Å²) in [6, 6.07) is 5.37. The van der Waals surface area contributed by atoms with Crippen molar-refractivity contribution in [2.75, 3.05) is 18.1 Å². The monoisotopic (exact) mass is 335 g/mol. The second-order valence-corrected chi connectivity index (χ2v) is 6.47. The Bertz CT molecular complexity index is 656. The number of nitrogens with one attached hydrogen (secondary N) is 1. The highest BCUT2D eigenvalue weighted by Crippen LogP contribution is 2.26. The number of carbonyl (C=O) groups is 2. The number of nitrogens with two attached hydrogens (primary N) is 1. The number of hydrogen-bond acceptors (Lipinski definition) is 5. The van der Waals surface area contributed by atoms with Gasteiger partial charge in [-0.05, 0) is 30.7 Å². The summed E-state index contributed by atoms with van der Waals surface area (Å²) in [6.07, 6.45) is 1.73. The maximum atomic E-state index is 13.0. The van der Waals surface area contributed by atoms with Crippen LogP contribution in [0, 0.1) is 11.2 Å². The van der Waals surface area contributed by atoms with E-state index in [4.69, 9.17) is 5.73 Å². The first-order valence-corrected chi connectivity index (χ1v) is 7.70. The number of hydrogen-bond donors (Lipinski definition) is 3. The molecule has 1 aromatic carbocycles. The van der Waals surface area contributed by atoms with E-state index in [-0.39, 0.29) is 18.1 Å². The number of amides is 2. The van der Waals surface area contributed by atoms with Crippen molar-refractivity contribution in [2.24, 2.45) is 11.1 Å². The van der Waals surface area contributed by atoms with Gasteiger partial charge in [-0.15, -0.1) is 0 Å². The van der Waals surface area contributed by atoms with Gasteiger partial charge in [0.25, 0.3) is 5.91 Å². The van der Waals surface area contributed by atoms with E-state index >= 15 is 0 Å². The van der Waals surface area contributed by atoms with E-state index in [1.165, 1.54) is 12.1 Å². The average Bonchev–Trinajstić information content (AvgIpc) is 2.47. The quantitative estimate of drug-likeness (QED) is 0.695. The number of benzene rings is 1. The molecule has 1 saturated heterocycles. The fourth-order valence-corrected chi connectivity index (χ4v) is 2.27. The number of imide groups is 1. The molecule has 0 bridgehead atoms. The summed E-state index contributed by atoms with van der Waals surface area (Å²) < 4.78 is 13.0. The molecular weight excluding hydrogens is 313 g/mol. The summed E-state index contributed by atoms with van der Waals surface area (Å²) in [5.41, 5.74) is 5.96. The SMILES string of the molecule is CC(C)(CO)C(N)=CC(=O)NC(=O)[C@@H]1CCN1c1ccc(F)cc1. The fourth-order valence-electron chi connectivity index (χ4n) is 2.27. The van der Waals surface area contributed by atoms with E-state index in [9.17, 15) is 19.1 Å². The van der Waals surface area contributed by atoms with Crippen molar-refractivity contribution in [3.05, 3.63) is 41.9 Å². The Morgan fingerprint density at radius 2 is 2.04 bits per heavy atom. The number of aliphatic hydroxyl groups excluding tert-OH is 1. The molecular formula is C17H22FN3O3. The minimum atomic E-state index is -0.739. The van der Waals surface area contributed by atoms with Crippen molar-refractivity contribution in [2.45, 2.75) is 26.3 Å². The van der Waals surface area contributed by atoms with Gasteiger partial charge in [-0.3, -0.25) is 14.9 Å². The lowest BCUT2D eigenvalue weighted by Crippen LogP contribution is -2.57. The Hall–Kier alpha value is -2.41. The largest absolute Gasteiger partial charge is 0.401 e. The van der Waals surface area contributed by atoms with Crippen molar-refractivity contribution in [1.82, 2.24) is 5.32 Å². The van der Waals surface area contributed by atoms with Crippen LogP contribution in [0.3, 0.4) is 0 Å². The molecule has 1 aliphatic heterocycles. The van der Waals surface area contributed by atoms with Crippen LogP contribution in [0.4, 0.5) is 10.1 Å². The molecule has 130 valence electrons. The average molecular weight is 335 g/mol. The molecule has 0 radical (unpaired) electrons. The number of carbonyl (C=O) groups excluding carboxylic acids is 2. The second-order valence-electron chi connectivity index (χ2n) is 6.47. The number of nitrogens with zero attached hydrogens (tertiary/aromatic N) is 1. The van der Waals surface area contributed by atoms with Crippen LogP contribution in [-0.2, 0) is 9.59 Å². The van der Waals surface area contributed by atoms with E-state index < -0.39 is 23.3 Å². The summed E-state index contributed by atoms with van der Waals surface area (Å²) in [7, 11) is 0. The minimum absolute atomic E-state index is 0.194. The standard InChI is InChI=1S/C17H22FN3O3/c1-17(2,10-22)14(19)9-15(23)20-16(24)13-7-8-21(13)12-5-3-11(18)4-6-12/h3-6,9,13,22H,7-8,10,19H2,1-2H3,(H,20,23,24)/t13-/m0/s1. The van der Waals surface area contributed by atoms with Crippen LogP contribution >= 0.6 is 0 Å². The summed E-state index contributed by atoms with van der Waals surface area (Å²) in [5.74, 6) is -1.39. The van der Waals surface area contributed by atoms with Gasteiger partial charge in [0.05, 0.1) is 6.61 Å². The first-order chi connectivity index (χ1) is 11.2. The van der Waals surface area contributed by atoms with Gasteiger partial charge in [0.1, 0.15) is 11.9 Å². The smallest absolute Gasteiger partial charge is 0.252 e. The first-order valence-electron chi connectivity index (χ1n) is 7.70. The van der Waals surface area contributed by atoms with E-state index in [0.717, 1.165) is 11.8 Å². The molecule has 2 rings (SSSR count). The number of anilines is 1. The molecule has 1 aliphatic rings. The summed E-state index contributed by atoms with van der Waals surface area (Å²) in [4.78, 5) is 25.9. The molecule has 2 amide bonds. The summed E-state index contributed by atoms with van der Waals surface area (Å²) in [5, 5.41) is 11.5. The second kappa shape index (κ2) is 7.00. The van der Waals surface area contributed by atoms with E-state index in [1.54, 1.807) is 30.9 Å². The normalized spacial score (nSPS) is 18.1. The molecule has 0 saturated carbocycles. The molecule has 24 heavy (non-hydrogen) atoms. The van der Waals surface area contributed by atoms with Gasteiger partial charge in [-0.25, -0.2) is 4.39 Å². The zero-order chi connectivity index (χ0) is 17.9. The first kappa shape index (κ1) is 17.9. The zero-order valence-electron chi connectivity index (χ0n) is 13.8. The van der Waals surface area contributed by atoms with Crippen LogP contribution in [0.5, 0.6) is 0 Å². The lowest BCUT2D eigenvalue weighted by molar-refractivity contribution is -0.129. The van der Waals surface area contributed by atoms with Crippen LogP contribution in [0.2, 0.25) is 0 Å². The molecule has 1 atom stereocenters. The molecule has 6 nitrogen and oxygen atoms in total. The summed E-state index contributed by atoms with van der Waals surface area (Å²) >= 11 is 0. The Labute approximate surface area is 140 Å². The van der Waals surface area contributed by atoms with Crippen molar-refractivity contribution < 1.29 is 19.1 Å². The predicted molar refractivity (Wildman–Crippen MR) is 88.4 cm³/mol. The van der Waals surface area contributed by atoms with Crippen LogP contribution in [0.15, 0.2) is 36.0 Å². The topological polar surface area (TPSA) is 95.7 Å². The third-order valence-corrected chi connectivity index (χ3v) is 4.19. The van der Waals surface area contributed by atoms with Crippen LogP contribution in [-0.4, -0.2) is 36.1 Å². The number of aliphatic hydroxyl groups is 1. The Morgan fingerprint density at radius 1 is 1.42 bits per heavy atom. The zero-order valence-corrected chi connectivity index (χ0v) is 13.8. The summed E-state index contributed by atoms with van der Waals surface area (Å²) in [6.45, 7) is 3.83. The fraction of sp³-hybridized carbons (Fsp3) is 0.412. The third-order valence-electron chi connectivity index (χ3n) is 4.19.